The van der Waals surface area contributed by atoms with Crippen LogP contribution in [0, 0.1) is 6.92 Å². The zero-order valence-electron chi connectivity index (χ0n) is 11.3. The van der Waals surface area contributed by atoms with Crippen LogP contribution >= 0.6 is 0 Å². The number of imidazole rings is 1. The van der Waals surface area contributed by atoms with Crippen molar-refractivity contribution in [2.24, 2.45) is 5.73 Å². The highest BCUT2D eigenvalue weighted by Gasteiger charge is 2.16. The van der Waals surface area contributed by atoms with Crippen LogP contribution in [0.1, 0.15) is 49.2 Å². The van der Waals surface area contributed by atoms with Crippen molar-refractivity contribution in [2.75, 3.05) is 0 Å². The molecule has 0 aliphatic heterocycles. The Labute approximate surface area is 109 Å². The van der Waals surface area contributed by atoms with Gasteiger partial charge in [0.25, 0.3) is 0 Å². The molecular weight excluding hydrogens is 222 g/mol. The van der Waals surface area contributed by atoms with E-state index in [1.165, 1.54) is 11.1 Å². The summed E-state index contributed by atoms with van der Waals surface area (Å²) in [5.74, 6) is 0. The SMILES string of the molecule is CC[C@@H](N)c1cncn1C(C)c1ccccc1C. The van der Waals surface area contributed by atoms with Crippen molar-refractivity contribution in [3.8, 4) is 0 Å². The predicted molar refractivity (Wildman–Crippen MR) is 74.4 cm³/mol. The fourth-order valence-corrected chi connectivity index (χ4v) is 2.34. The minimum Gasteiger partial charge on any atom is -0.326 e. The minimum absolute atomic E-state index is 0.0546. The number of rotatable bonds is 4. The average molecular weight is 243 g/mol. The maximum Gasteiger partial charge on any atom is 0.0954 e. The van der Waals surface area contributed by atoms with Crippen LogP contribution in [0.2, 0.25) is 0 Å². The second-order valence-electron chi connectivity index (χ2n) is 4.77. The van der Waals surface area contributed by atoms with Crippen LogP contribution in [0.5, 0.6) is 0 Å². The van der Waals surface area contributed by atoms with Gasteiger partial charge in [0.1, 0.15) is 0 Å². The molecule has 0 amide bonds. The van der Waals surface area contributed by atoms with Gasteiger partial charge in [-0.2, -0.15) is 0 Å². The molecule has 96 valence electrons. The number of aryl methyl sites for hydroxylation is 1. The molecule has 0 fully saturated rings. The quantitative estimate of drug-likeness (QED) is 0.896. The summed E-state index contributed by atoms with van der Waals surface area (Å²) in [7, 11) is 0. The van der Waals surface area contributed by atoms with Crippen molar-refractivity contribution in [1.29, 1.82) is 0 Å². The molecule has 0 bridgehead atoms. The van der Waals surface area contributed by atoms with Gasteiger partial charge >= 0.3 is 0 Å². The lowest BCUT2D eigenvalue weighted by atomic mass is 10.0. The molecular formula is C15H21N3. The molecule has 18 heavy (non-hydrogen) atoms. The molecule has 0 saturated carbocycles. The second-order valence-corrected chi connectivity index (χ2v) is 4.77. The zero-order chi connectivity index (χ0) is 13.1. The molecule has 3 nitrogen and oxygen atoms in total. The van der Waals surface area contributed by atoms with Gasteiger partial charge in [0.05, 0.1) is 18.1 Å². The van der Waals surface area contributed by atoms with Gasteiger partial charge in [-0.1, -0.05) is 31.2 Å². The Morgan fingerprint density at radius 2 is 2.06 bits per heavy atom. The van der Waals surface area contributed by atoms with Crippen LogP contribution in [0.15, 0.2) is 36.8 Å². The Hall–Kier alpha value is -1.61. The third-order valence-electron chi connectivity index (χ3n) is 3.57. The number of nitrogens with zero attached hydrogens (tertiary/aromatic N) is 2. The molecule has 2 aromatic rings. The molecule has 0 aliphatic rings. The normalized spacial score (nSPS) is 14.4. The molecule has 3 heteroatoms. The molecule has 0 radical (unpaired) electrons. The summed E-state index contributed by atoms with van der Waals surface area (Å²) in [6.45, 7) is 6.43. The Morgan fingerprint density at radius 1 is 1.33 bits per heavy atom. The summed E-state index contributed by atoms with van der Waals surface area (Å²) in [6, 6.07) is 8.77. The molecule has 1 heterocycles. The van der Waals surface area contributed by atoms with E-state index in [1.807, 2.05) is 12.5 Å². The number of hydrogen-bond donors (Lipinski definition) is 1. The lowest BCUT2D eigenvalue weighted by Crippen LogP contribution is -2.17. The highest BCUT2D eigenvalue weighted by molar-refractivity contribution is 5.29. The fraction of sp³-hybridized carbons (Fsp3) is 0.400. The van der Waals surface area contributed by atoms with E-state index in [-0.39, 0.29) is 12.1 Å². The van der Waals surface area contributed by atoms with E-state index in [1.54, 1.807) is 0 Å². The smallest absolute Gasteiger partial charge is 0.0954 e. The van der Waals surface area contributed by atoms with Crippen LogP contribution in [-0.4, -0.2) is 9.55 Å². The molecule has 0 spiro atoms. The second kappa shape index (κ2) is 5.36. The summed E-state index contributed by atoms with van der Waals surface area (Å²) in [6.07, 6.45) is 4.68. The van der Waals surface area contributed by atoms with Crippen LogP contribution in [0.25, 0.3) is 0 Å². The average Bonchev–Trinajstić information content (AvgIpc) is 2.86. The Bertz CT molecular complexity index is 516. The van der Waals surface area contributed by atoms with Crippen molar-refractivity contribution in [2.45, 2.75) is 39.3 Å². The molecule has 1 aromatic heterocycles. The first-order valence-corrected chi connectivity index (χ1v) is 6.48. The summed E-state index contributed by atoms with van der Waals surface area (Å²) in [5.41, 5.74) is 9.86. The van der Waals surface area contributed by atoms with Crippen molar-refractivity contribution in [1.82, 2.24) is 9.55 Å². The first-order valence-electron chi connectivity index (χ1n) is 6.48. The van der Waals surface area contributed by atoms with E-state index in [9.17, 15) is 0 Å². The van der Waals surface area contributed by atoms with Crippen LogP contribution in [-0.2, 0) is 0 Å². The van der Waals surface area contributed by atoms with Crippen molar-refractivity contribution in [3.05, 3.63) is 53.6 Å². The largest absolute Gasteiger partial charge is 0.326 e. The lowest BCUT2D eigenvalue weighted by Gasteiger charge is -2.21. The topological polar surface area (TPSA) is 43.8 Å². The molecule has 2 N–H and O–H groups in total. The minimum atomic E-state index is 0.0546. The molecule has 1 aromatic carbocycles. The zero-order valence-corrected chi connectivity index (χ0v) is 11.3. The van der Waals surface area contributed by atoms with Crippen molar-refractivity contribution >= 4 is 0 Å². The number of aromatic nitrogens is 2. The molecule has 2 rings (SSSR count). The van der Waals surface area contributed by atoms with Gasteiger partial charge in [0, 0.05) is 12.2 Å². The summed E-state index contributed by atoms with van der Waals surface area (Å²) < 4.78 is 2.18. The van der Waals surface area contributed by atoms with Crippen LogP contribution in [0.3, 0.4) is 0 Å². The number of benzene rings is 1. The van der Waals surface area contributed by atoms with E-state index in [0.717, 1.165) is 12.1 Å². The van der Waals surface area contributed by atoms with Crippen molar-refractivity contribution in [3.63, 3.8) is 0 Å². The Balaban J connectivity index is 2.38. The van der Waals surface area contributed by atoms with E-state index >= 15 is 0 Å². The van der Waals surface area contributed by atoms with Gasteiger partial charge < -0.3 is 10.3 Å². The number of hydrogen-bond acceptors (Lipinski definition) is 2. The monoisotopic (exact) mass is 243 g/mol. The Kier molecular flexibility index (Phi) is 3.82. The first kappa shape index (κ1) is 12.8. The maximum atomic E-state index is 6.13. The predicted octanol–water partition coefficient (Wildman–Crippen LogP) is 3.21. The van der Waals surface area contributed by atoms with Gasteiger partial charge in [0.15, 0.2) is 0 Å². The summed E-state index contributed by atoms with van der Waals surface area (Å²) in [5, 5.41) is 0. The first-order chi connectivity index (χ1) is 8.65. The highest BCUT2D eigenvalue weighted by atomic mass is 15.1. The van der Waals surface area contributed by atoms with Gasteiger partial charge in [-0.25, -0.2) is 4.98 Å². The summed E-state index contributed by atoms with van der Waals surface area (Å²) >= 11 is 0. The molecule has 0 saturated heterocycles. The molecule has 1 unspecified atom stereocenters. The highest BCUT2D eigenvalue weighted by Crippen LogP contribution is 2.25. The molecule has 2 atom stereocenters. The molecule has 0 aliphatic carbocycles. The van der Waals surface area contributed by atoms with E-state index in [2.05, 4.69) is 54.6 Å². The van der Waals surface area contributed by atoms with Crippen LogP contribution in [0.4, 0.5) is 0 Å². The van der Waals surface area contributed by atoms with Gasteiger partial charge in [-0.15, -0.1) is 0 Å². The van der Waals surface area contributed by atoms with E-state index in [0.29, 0.717) is 0 Å². The van der Waals surface area contributed by atoms with Gasteiger partial charge in [-0.3, -0.25) is 0 Å². The van der Waals surface area contributed by atoms with E-state index < -0.39 is 0 Å². The van der Waals surface area contributed by atoms with Crippen LogP contribution < -0.4 is 5.73 Å². The van der Waals surface area contributed by atoms with E-state index in [4.69, 9.17) is 5.73 Å². The third kappa shape index (κ3) is 2.31. The Morgan fingerprint density at radius 3 is 2.72 bits per heavy atom. The van der Waals surface area contributed by atoms with Gasteiger partial charge in [-0.05, 0) is 31.4 Å². The van der Waals surface area contributed by atoms with Crippen molar-refractivity contribution < 1.29 is 0 Å². The summed E-state index contributed by atoms with van der Waals surface area (Å²) in [4.78, 5) is 4.25. The lowest BCUT2D eigenvalue weighted by molar-refractivity contribution is 0.556. The number of nitrogens with two attached hydrogens (primary N) is 1. The maximum absolute atomic E-state index is 6.13. The fourth-order valence-electron chi connectivity index (χ4n) is 2.34. The third-order valence-corrected chi connectivity index (χ3v) is 3.57. The standard InChI is InChI=1S/C15H21N3/c1-4-14(16)15-9-17-10-18(15)12(3)13-8-6-5-7-11(13)2/h5-10,12,14H,4,16H2,1-3H3/t12?,14-/m1/s1. The van der Waals surface area contributed by atoms with Gasteiger partial charge in [0.2, 0.25) is 0 Å².